The number of allylic oxidation sites excluding steroid dienone is 12. The van der Waals surface area contributed by atoms with Crippen LogP contribution in [0.25, 0.3) is 52.7 Å². The van der Waals surface area contributed by atoms with E-state index in [0.29, 0.717) is 22.6 Å². The van der Waals surface area contributed by atoms with Gasteiger partial charge in [-0.15, -0.1) is 0 Å². The Labute approximate surface area is 282 Å². The molecule has 3 aliphatic rings. The first kappa shape index (κ1) is 29.7. The molecular weight excluding hydrogens is 585 g/mol. The molecule has 0 fully saturated rings. The second-order valence-electron chi connectivity index (χ2n) is 12.7. The predicted octanol–water partition coefficient (Wildman–Crippen LogP) is 9.52. The number of oxazole rings is 1. The smallest absolute Gasteiger partial charge is 0.227 e. The van der Waals surface area contributed by atoms with Gasteiger partial charge in [0.1, 0.15) is 5.35 Å². The van der Waals surface area contributed by atoms with Gasteiger partial charge in [-0.05, 0) is 101 Å². The maximum absolute atomic E-state index is 6.02. The molecule has 2 heterocycles. The highest BCUT2D eigenvalue weighted by Gasteiger charge is 2.26. The van der Waals surface area contributed by atoms with Crippen LogP contribution in [-0.4, -0.2) is 9.55 Å². The fraction of sp³-hybridized carbons (Fsp3) is 0.133. The van der Waals surface area contributed by atoms with Gasteiger partial charge in [0.15, 0.2) is 5.42 Å². The topological polar surface area (TPSA) is 31.0 Å². The standard InChI is InChI=1S/C45H38N2O/c1-3-4-16-44-31(2)46-45(48-44)38-22-21-34-28-35(19-20-36(34)29-38)37-23-26-43-41(30-37)40-14-10-7-11-15-42(40)47(43)39-24-17-33(18-25-39)27-32-12-8-5-6-9-13-32/h3-5,7-14,16-26,28-29,37H,2,6,15,27,30H2,1H3/b4-3-,44-16+. The molecule has 2 aromatic heterocycles. The van der Waals surface area contributed by atoms with E-state index in [9.17, 15) is 0 Å². The number of benzene rings is 3. The average molecular weight is 623 g/mol. The fourth-order valence-electron chi connectivity index (χ4n) is 7.10. The first-order valence-corrected chi connectivity index (χ1v) is 16.9. The molecule has 48 heavy (non-hydrogen) atoms. The molecule has 8 rings (SSSR count). The average Bonchev–Trinajstić information content (AvgIpc) is 3.36. The van der Waals surface area contributed by atoms with Crippen molar-refractivity contribution in [2.45, 2.75) is 38.5 Å². The minimum atomic E-state index is 0.300. The Morgan fingerprint density at radius 3 is 2.69 bits per heavy atom. The molecule has 5 aromatic rings. The molecule has 0 saturated heterocycles. The third-order valence-corrected chi connectivity index (χ3v) is 9.55. The van der Waals surface area contributed by atoms with Gasteiger partial charge < -0.3 is 8.98 Å². The molecule has 234 valence electrons. The van der Waals surface area contributed by atoms with E-state index in [0.717, 1.165) is 31.2 Å². The molecule has 1 atom stereocenters. The summed E-state index contributed by atoms with van der Waals surface area (Å²) in [5.41, 5.74) is 12.3. The van der Waals surface area contributed by atoms with E-state index in [-0.39, 0.29) is 0 Å². The van der Waals surface area contributed by atoms with Crippen molar-refractivity contribution in [1.29, 1.82) is 0 Å². The molecule has 0 spiro atoms. The lowest BCUT2D eigenvalue weighted by Crippen LogP contribution is -2.19. The molecule has 3 aromatic carbocycles. The number of aromatic nitrogens is 2. The van der Waals surface area contributed by atoms with E-state index >= 15 is 0 Å². The molecule has 0 N–H and O–H groups in total. The molecule has 1 unspecified atom stereocenters. The number of fused-ring (bicyclic) bond motifs is 4. The minimum absolute atomic E-state index is 0.300. The molecule has 0 aliphatic heterocycles. The summed E-state index contributed by atoms with van der Waals surface area (Å²) >= 11 is 0. The van der Waals surface area contributed by atoms with Gasteiger partial charge in [-0.3, -0.25) is 0 Å². The Morgan fingerprint density at radius 2 is 1.79 bits per heavy atom. The Kier molecular flexibility index (Phi) is 7.95. The zero-order valence-electron chi connectivity index (χ0n) is 27.3. The van der Waals surface area contributed by atoms with Crippen LogP contribution in [0.1, 0.15) is 52.9 Å². The van der Waals surface area contributed by atoms with E-state index in [1.54, 1.807) is 0 Å². The number of rotatable bonds is 6. The molecule has 0 radical (unpaired) electrons. The van der Waals surface area contributed by atoms with Crippen molar-refractivity contribution in [1.82, 2.24) is 9.55 Å². The van der Waals surface area contributed by atoms with Gasteiger partial charge in [0.2, 0.25) is 5.89 Å². The van der Waals surface area contributed by atoms with E-state index in [2.05, 4.69) is 144 Å². The lowest BCUT2D eigenvalue weighted by molar-refractivity contribution is 0.540. The van der Waals surface area contributed by atoms with Crippen LogP contribution < -0.4 is 10.8 Å². The number of hydrogen-bond acceptors (Lipinski definition) is 2. The van der Waals surface area contributed by atoms with Crippen LogP contribution in [-0.2, 0) is 19.3 Å². The molecule has 0 saturated carbocycles. The Hall–Kier alpha value is -5.67. The number of nitrogens with zero attached hydrogens (tertiary/aromatic N) is 2. The lowest BCUT2D eigenvalue weighted by Gasteiger charge is -2.20. The van der Waals surface area contributed by atoms with E-state index in [1.165, 1.54) is 55.7 Å². The summed E-state index contributed by atoms with van der Waals surface area (Å²) in [6.45, 7) is 6.02. The first-order valence-electron chi connectivity index (χ1n) is 16.9. The second kappa shape index (κ2) is 12.8. The summed E-state index contributed by atoms with van der Waals surface area (Å²) in [5.74, 6) is 0.895. The van der Waals surface area contributed by atoms with Gasteiger partial charge >= 0.3 is 0 Å². The Morgan fingerprint density at radius 1 is 0.917 bits per heavy atom. The van der Waals surface area contributed by atoms with Crippen LogP contribution in [0.5, 0.6) is 0 Å². The van der Waals surface area contributed by atoms with Crippen molar-refractivity contribution in [2.24, 2.45) is 0 Å². The third kappa shape index (κ3) is 5.73. The van der Waals surface area contributed by atoms with Gasteiger partial charge in [-0.2, -0.15) is 0 Å². The van der Waals surface area contributed by atoms with Gasteiger partial charge in [0, 0.05) is 35.0 Å². The molecule has 3 heteroatoms. The van der Waals surface area contributed by atoms with Gasteiger partial charge in [-0.1, -0.05) is 116 Å². The quantitative estimate of drug-likeness (QED) is 0.189. The monoisotopic (exact) mass is 622 g/mol. The number of hydrogen-bond donors (Lipinski definition) is 0. The van der Waals surface area contributed by atoms with Gasteiger partial charge in [0.05, 0.1) is 0 Å². The van der Waals surface area contributed by atoms with Gasteiger partial charge in [-0.25, -0.2) is 4.98 Å². The zero-order valence-corrected chi connectivity index (χ0v) is 27.3. The molecule has 0 bridgehead atoms. The molecule has 3 aliphatic carbocycles. The largest absolute Gasteiger partial charge is 0.436 e. The van der Waals surface area contributed by atoms with Crippen LogP contribution in [0.3, 0.4) is 0 Å². The maximum Gasteiger partial charge on any atom is 0.227 e. The third-order valence-electron chi connectivity index (χ3n) is 9.55. The van der Waals surface area contributed by atoms with E-state index < -0.39 is 0 Å². The van der Waals surface area contributed by atoms with Crippen LogP contribution in [0.15, 0.2) is 137 Å². The normalized spacial score (nSPS) is 17.1. The van der Waals surface area contributed by atoms with Crippen LogP contribution in [0.2, 0.25) is 0 Å². The summed E-state index contributed by atoms with van der Waals surface area (Å²) < 4.78 is 8.51. The van der Waals surface area contributed by atoms with Crippen molar-refractivity contribution in [3.05, 3.63) is 177 Å². The van der Waals surface area contributed by atoms with Gasteiger partial charge in [0.25, 0.3) is 0 Å². The van der Waals surface area contributed by atoms with Crippen molar-refractivity contribution >= 4 is 35.6 Å². The highest BCUT2D eigenvalue weighted by molar-refractivity contribution is 5.87. The van der Waals surface area contributed by atoms with E-state index in [1.807, 2.05) is 25.2 Å². The van der Waals surface area contributed by atoms with Crippen molar-refractivity contribution in [2.75, 3.05) is 0 Å². The minimum Gasteiger partial charge on any atom is -0.436 e. The second-order valence-corrected chi connectivity index (χ2v) is 12.7. The highest BCUT2D eigenvalue weighted by atomic mass is 16.3. The highest BCUT2D eigenvalue weighted by Crippen LogP contribution is 2.39. The molecule has 3 nitrogen and oxygen atoms in total. The molecule has 0 amide bonds. The summed E-state index contributed by atoms with van der Waals surface area (Å²) in [5, 5.41) is 3.03. The Bertz CT molecular complexity index is 2360. The maximum atomic E-state index is 6.02. The van der Waals surface area contributed by atoms with Crippen LogP contribution >= 0.6 is 0 Å². The fourth-order valence-corrected chi connectivity index (χ4v) is 7.10. The predicted molar refractivity (Wildman–Crippen MR) is 201 cm³/mol. The van der Waals surface area contributed by atoms with Crippen molar-refractivity contribution < 1.29 is 4.42 Å². The van der Waals surface area contributed by atoms with E-state index in [4.69, 9.17) is 4.42 Å². The zero-order chi connectivity index (χ0) is 32.5. The first-order chi connectivity index (χ1) is 23.6. The van der Waals surface area contributed by atoms with Crippen LogP contribution in [0, 0.1) is 0 Å². The van der Waals surface area contributed by atoms with Crippen molar-refractivity contribution in [3.8, 4) is 17.1 Å². The summed E-state index contributed by atoms with van der Waals surface area (Å²) in [7, 11) is 0. The lowest BCUT2D eigenvalue weighted by atomic mass is 9.85. The molecular formula is C45H38N2O. The SMILES string of the molecule is C=c1nc(-c2ccc3cc(C4C=Cc5c(c6c(n5-c5ccc(CC7=CC=CCC=C7)cc5)CC=CC=C6)C4)ccc3c2)o/c1=C/C=C\C. The van der Waals surface area contributed by atoms with Crippen molar-refractivity contribution in [3.63, 3.8) is 0 Å². The van der Waals surface area contributed by atoms with Crippen LogP contribution in [0.4, 0.5) is 0 Å². The summed E-state index contributed by atoms with van der Waals surface area (Å²) in [4.78, 5) is 4.58. The summed E-state index contributed by atoms with van der Waals surface area (Å²) in [6.07, 6.45) is 34.4. The summed E-state index contributed by atoms with van der Waals surface area (Å²) in [6, 6.07) is 22.4. The Balaban J connectivity index is 1.09.